The summed E-state index contributed by atoms with van der Waals surface area (Å²) in [4.78, 5) is 18.2. The van der Waals surface area contributed by atoms with Gasteiger partial charge < -0.3 is 9.88 Å². The summed E-state index contributed by atoms with van der Waals surface area (Å²) in [6.07, 6.45) is 5.29. The molecule has 2 saturated heterocycles. The minimum atomic E-state index is 0.397. The van der Waals surface area contributed by atoms with Crippen LogP contribution in [-0.4, -0.2) is 28.4 Å². The summed E-state index contributed by atoms with van der Waals surface area (Å²) in [5.74, 6) is 1.61. The molecule has 21 heavy (non-hydrogen) atoms. The van der Waals surface area contributed by atoms with Gasteiger partial charge in [0.25, 0.3) is 0 Å². The molecule has 2 aromatic rings. The number of H-pyrrole nitrogens is 1. The first kappa shape index (κ1) is 11.8. The molecule has 0 bridgehead atoms. The Hall–Kier alpha value is -1.77. The first-order chi connectivity index (χ1) is 10.3. The Morgan fingerprint density at radius 3 is 3.05 bits per heavy atom. The summed E-state index contributed by atoms with van der Waals surface area (Å²) >= 11 is 0. The van der Waals surface area contributed by atoms with E-state index in [-0.39, 0.29) is 0 Å². The molecular formula is C18H20N2O. The Kier molecular flexibility index (Phi) is 2.33. The van der Waals surface area contributed by atoms with Crippen LogP contribution in [0.15, 0.2) is 24.3 Å². The maximum Gasteiger partial charge on any atom is 0.222 e. The molecule has 3 nitrogen and oxygen atoms in total. The standard InChI is InChI=1S/C18H20N2O/c21-16-7-3-4-11-10-15-17(13-8-9-20(16)18(11)13)12-5-1-2-6-14(12)19-15/h1-2,5-6,11,13,18-19H,3-4,7-10H2/t11-,13+,18+/m0/s1. The van der Waals surface area contributed by atoms with E-state index in [1.807, 2.05) is 0 Å². The zero-order chi connectivity index (χ0) is 14.0. The van der Waals surface area contributed by atoms with Gasteiger partial charge in [0.1, 0.15) is 0 Å². The Balaban J connectivity index is 1.71. The SMILES string of the molecule is O=C1CCC[C@H]2Cc3[nH]c4ccccc4c3[C@H]3CCN1[C@H]23. The third-order valence-electron chi connectivity index (χ3n) is 5.89. The second-order valence-electron chi connectivity index (χ2n) is 6.89. The minimum Gasteiger partial charge on any atom is -0.358 e. The Labute approximate surface area is 124 Å². The van der Waals surface area contributed by atoms with Gasteiger partial charge in [-0.05, 0) is 43.2 Å². The summed E-state index contributed by atoms with van der Waals surface area (Å²) in [6.45, 7) is 0.962. The third kappa shape index (κ3) is 1.52. The molecule has 3 heterocycles. The lowest BCUT2D eigenvalue weighted by molar-refractivity contribution is -0.132. The van der Waals surface area contributed by atoms with Crippen LogP contribution >= 0.6 is 0 Å². The molecule has 1 aromatic heterocycles. The van der Waals surface area contributed by atoms with E-state index in [1.54, 1.807) is 0 Å². The van der Waals surface area contributed by atoms with E-state index in [0.29, 0.717) is 23.8 Å². The highest BCUT2D eigenvalue weighted by atomic mass is 16.2. The molecule has 2 aliphatic heterocycles. The van der Waals surface area contributed by atoms with Crippen molar-refractivity contribution >= 4 is 16.8 Å². The van der Waals surface area contributed by atoms with Crippen LogP contribution in [0.25, 0.3) is 10.9 Å². The molecule has 3 atom stereocenters. The molecule has 5 rings (SSSR count). The number of rotatable bonds is 0. The number of para-hydroxylation sites is 1. The molecule has 3 heteroatoms. The molecule has 0 radical (unpaired) electrons. The highest BCUT2D eigenvalue weighted by Gasteiger charge is 2.47. The zero-order valence-electron chi connectivity index (χ0n) is 12.1. The van der Waals surface area contributed by atoms with Crippen LogP contribution in [-0.2, 0) is 11.2 Å². The maximum atomic E-state index is 12.4. The lowest BCUT2D eigenvalue weighted by atomic mass is 9.74. The number of aromatic nitrogens is 1. The van der Waals surface area contributed by atoms with Crippen molar-refractivity contribution in [3.05, 3.63) is 35.5 Å². The van der Waals surface area contributed by atoms with E-state index in [0.717, 1.165) is 32.2 Å². The van der Waals surface area contributed by atoms with Crippen LogP contribution in [0.4, 0.5) is 0 Å². The Bertz CT molecular complexity index is 732. The zero-order valence-corrected chi connectivity index (χ0v) is 12.1. The van der Waals surface area contributed by atoms with Crippen LogP contribution in [0.3, 0.4) is 0 Å². The van der Waals surface area contributed by atoms with Crippen molar-refractivity contribution in [2.45, 2.75) is 44.1 Å². The van der Waals surface area contributed by atoms with Gasteiger partial charge in [0.05, 0.1) is 0 Å². The molecule has 0 unspecified atom stereocenters. The van der Waals surface area contributed by atoms with Gasteiger partial charge in [0.2, 0.25) is 5.91 Å². The molecule has 3 aliphatic rings. The number of hydrogen-bond donors (Lipinski definition) is 1. The van der Waals surface area contributed by atoms with Crippen molar-refractivity contribution in [1.29, 1.82) is 0 Å². The van der Waals surface area contributed by atoms with E-state index in [4.69, 9.17) is 0 Å². The summed E-state index contributed by atoms with van der Waals surface area (Å²) in [5.41, 5.74) is 4.23. The Morgan fingerprint density at radius 2 is 2.10 bits per heavy atom. The smallest absolute Gasteiger partial charge is 0.222 e. The fraction of sp³-hybridized carbons (Fsp3) is 0.500. The summed E-state index contributed by atoms with van der Waals surface area (Å²) in [7, 11) is 0. The van der Waals surface area contributed by atoms with E-state index in [2.05, 4.69) is 34.1 Å². The Morgan fingerprint density at radius 1 is 1.19 bits per heavy atom. The van der Waals surface area contributed by atoms with E-state index < -0.39 is 0 Å². The molecule has 1 amide bonds. The van der Waals surface area contributed by atoms with Gasteiger partial charge in [0, 0.05) is 41.5 Å². The predicted molar refractivity (Wildman–Crippen MR) is 82.2 cm³/mol. The summed E-state index contributed by atoms with van der Waals surface area (Å²) in [5, 5.41) is 1.38. The van der Waals surface area contributed by atoms with Gasteiger partial charge in [-0.1, -0.05) is 18.2 Å². The molecule has 1 aromatic carbocycles. The molecule has 0 saturated carbocycles. The van der Waals surface area contributed by atoms with Crippen molar-refractivity contribution in [3.63, 3.8) is 0 Å². The van der Waals surface area contributed by atoms with Crippen LogP contribution in [0, 0.1) is 5.92 Å². The average Bonchev–Trinajstić information content (AvgIpc) is 3.03. The van der Waals surface area contributed by atoms with Gasteiger partial charge in [-0.25, -0.2) is 0 Å². The monoisotopic (exact) mass is 280 g/mol. The topological polar surface area (TPSA) is 36.1 Å². The van der Waals surface area contributed by atoms with E-state index in [9.17, 15) is 4.79 Å². The lowest BCUT2D eigenvalue weighted by Gasteiger charge is -2.37. The van der Waals surface area contributed by atoms with Gasteiger partial charge in [0.15, 0.2) is 0 Å². The largest absolute Gasteiger partial charge is 0.358 e. The van der Waals surface area contributed by atoms with Crippen molar-refractivity contribution in [2.24, 2.45) is 5.92 Å². The summed E-state index contributed by atoms with van der Waals surface area (Å²) in [6, 6.07) is 9.13. The molecule has 1 aliphatic carbocycles. The molecule has 1 N–H and O–H groups in total. The fourth-order valence-electron chi connectivity index (χ4n) is 5.12. The molecule has 108 valence electrons. The number of aromatic amines is 1. The van der Waals surface area contributed by atoms with Gasteiger partial charge in [-0.15, -0.1) is 0 Å². The minimum absolute atomic E-state index is 0.397. The van der Waals surface area contributed by atoms with Gasteiger partial charge >= 0.3 is 0 Å². The first-order valence-corrected chi connectivity index (χ1v) is 8.22. The summed E-state index contributed by atoms with van der Waals surface area (Å²) < 4.78 is 0. The number of nitrogens with one attached hydrogen (secondary N) is 1. The maximum absolute atomic E-state index is 12.4. The number of fused-ring (bicyclic) bond motifs is 4. The fourth-order valence-corrected chi connectivity index (χ4v) is 5.12. The number of benzene rings is 1. The van der Waals surface area contributed by atoms with Gasteiger partial charge in [-0.3, -0.25) is 4.79 Å². The van der Waals surface area contributed by atoms with Crippen molar-refractivity contribution in [3.8, 4) is 0 Å². The second-order valence-corrected chi connectivity index (χ2v) is 6.89. The third-order valence-corrected chi connectivity index (χ3v) is 5.89. The highest BCUT2D eigenvalue weighted by Crippen LogP contribution is 2.49. The predicted octanol–water partition coefficient (Wildman–Crippen LogP) is 3.21. The van der Waals surface area contributed by atoms with Crippen LogP contribution in [0.2, 0.25) is 0 Å². The normalized spacial score (nSPS) is 31.1. The lowest BCUT2D eigenvalue weighted by Crippen LogP contribution is -2.43. The van der Waals surface area contributed by atoms with Crippen molar-refractivity contribution in [1.82, 2.24) is 9.88 Å². The number of nitrogens with zero attached hydrogens (tertiary/aromatic N) is 1. The number of amides is 1. The molecule has 0 spiro atoms. The average molecular weight is 280 g/mol. The molecule has 2 fully saturated rings. The van der Waals surface area contributed by atoms with E-state index in [1.165, 1.54) is 28.6 Å². The van der Waals surface area contributed by atoms with Crippen molar-refractivity contribution < 1.29 is 4.79 Å². The van der Waals surface area contributed by atoms with Crippen LogP contribution < -0.4 is 0 Å². The quantitative estimate of drug-likeness (QED) is 0.790. The van der Waals surface area contributed by atoms with Gasteiger partial charge in [-0.2, -0.15) is 0 Å². The number of hydrogen-bond acceptors (Lipinski definition) is 1. The van der Waals surface area contributed by atoms with Crippen LogP contribution in [0.1, 0.15) is 42.9 Å². The van der Waals surface area contributed by atoms with Crippen molar-refractivity contribution in [2.75, 3.05) is 6.54 Å². The second kappa shape index (κ2) is 4.12. The number of carbonyl (C=O) groups excluding carboxylic acids is 1. The van der Waals surface area contributed by atoms with Crippen LogP contribution in [0.5, 0.6) is 0 Å². The number of carbonyl (C=O) groups is 1. The van der Waals surface area contributed by atoms with E-state index >= 15 is 0 Å². The first-order valence-electron chi connectivity index (χ1n) is 8.22. The highest BCUT2D eigenvalue weighted by molar-refractivity contribution is 5.86. The molecular weight excluding hydrogens is 260 g/mol.